The maximum Gasteiger partial charge on any atom is 0.141 e. The second-order valence-corrected chi connectivity index (χ2v) is 5.68. The van der Waals surface area contributed by atoms with Crippen LogP contribution in [0.3, 0.4) is 0 Å². The lowest BCUT2D eigenvalue weighted by molar-refractivity contribution is 0.542. The van der Waals surface area contributed by atoms with Gasteiger partial charge in [0.1, 0.15) is 11.6 Å². The Morgan fingerprint density at radius 1 is 1.19 bits per heavy atom. The maximum atomic E-state index is 13.8. The fourth-order valence-electron chi connectivity index (χ4n) is 2.25. The number of para-hydroxylation sites is 1. The number of nitrogens with zero attached hydrogens (tertiary/aromatic N) is 2. The van der Waals surface area contributed by atoms with Crippen LogP contribution in [-0.2, 0) is 12.8 Å². The fourth-order valence-corrected chi connectivity index (χ4v) is 3.14. The number of benzene rings is 2. The van der Waals surface area contributed by atoms with E-state index in [9.17, 15) is 8.78 Å². The summed E-state index contributed by atoms with van der Waals surface area (Å²) in [6.45, 7) is 0. The summed E-state index contributed by atoms with van der Waals surface area (Å²) in [6.07, 6.45) is 0. The normalized spacial score (nSPS) is 11.2. The Morgan fingerprint density at radius 3 is 2.57 bits per heavy atom. The predicted molar refractivity (Wildman–Crippen MR) is 81.0 cm³/mol. The first-order valence-electron chi connectivity index (χ1n) is 6.34. The lowest BCUT2D eigenvalue weighted by atomic mass is 10.2. The summed E-state index contributed by atoms with van der Waals surface area (Å²) in [5, 5.41) is 5.40. The molecular weight excluding hydrogens is 292 g/mol. The predicted octanol–water partition coefficient (Wildman–Crippen LogP) is 3.73. The quantitative estimate of drug-likeness (QED) is 0.592. The van der Waals surface area contributed by atoms with Crippen molar-refractivity contribution in [3.63, 3.8) is 0 Å². The Kier molecular flexibility index (Phi) is 3.55. The molecule has 0 saturated carbocycles. The molecule has 0 aliphatic rings. The average molecular weight is 305 g/mol. The van der Waals surface area contributed by atoms with Crippen LogP contribution in [0.1, 0.15) is 5.69 Å². The van der Waals surface area contributed by atoms with Gasteiger partial charge in [0.15, 0.2) is 0 Å². The molecule has 1 heterocycles. The summed E-state index contributed by atoms with van der Waals surface area (Å²) in [7, 11) is 1.85. The Morgan fingerprint density at radius 2 is 1.86 bits per heavy atom. The van der Waals surface area contributed by atoms with E-state index in [4.69, 9.17) is 5.73 Å². The van der Waals surface area contributed by atoms with Gasteiger partial charge in [0.05, 0.1) is 16.1 Å². The van der Waals surface area contributed by atoms with Crippen LogP contribution in [-0.4, -0.2) is 9.78 Å². The Balaban J connectivity index is 1.91. The second kappa shape index (κ2) is 5.37. The van der Waals surface area contributed by atoms with Crippen molar-refractivity contribution in [2.75, 3.05) is 5.73 Å². The van der Waals surface area contributed by atoms with Crippen molar-refractivity contribution in [2.24, 2.45) is 7.05 Å². The summed E-state index contributed by atoms with van der Waals surface area (Å²) < 4.78 is 29.3. The van der Waals surface area contributed by atoms with Gasteiger partial charge < -0.3 is 5.73 Å². The van der Waals surface area contributed by atoms with Crippen molar-refractivity contribution in [3.8, 4) is 0 Å². The highest BCUT2D eigenvalue weighted by atomic mass is 32.2. The summed E-state index contributed by atoms with van der Waals surface area (Å²) >= 11 is 1.08. The molecule has 3 aromatic rings. The molecule has 0 aliphatic carbocycles. The molecule has 1 aromatic heterocycles. The SMILES string of the molecule is Cn1nc(CSc2c(F)cc(N)cc2F)c2ccccc21. The zero-order valence-electron chi connectivity index (χ0n) is 11.3. The summed E-state index contributed by atoms with van der Waals surface area (Å²) in [5.74, 6) is -0.894. The first kappa shape index (κ1) is 13.9. The van der Waals surface area contributed by atoms with E-state index in [-0.39, 0.29) is 10.6 Å². The molecule has 3 nitrogen and oxygen atoms in total. The van der Waals surface area contributed by atoms with Crippen LogP contribution >= 0.6 is 11.8 Å². The molecule has 2 N–H and O–H groups in total. The zero-order valence-corrected chi connectivity index (χ0v) is 12.1. The van der Waals surface area contributed by atoms with E-state index in [0.717, 1.165) is 40.5 Å². The molecular formula is C15H13F2N3S. The van der Waals surface area contributed by atoms with Gasteiger partial charge in [-0.15, -0.1) is 11.8 Å². The zero-order chi connectivity index (χ0) is 15.0. The average Bonchev–Trinajstić information content (AvgIpc) is 2.75. The molecule has 0 saturated heterocycles. The van der Waals surface area contributed by atoms with E-state index in [1.54, 1.807) is 4.68 Å². The lowest BCUT2D eigenvalue weighted by Gasteiger charge is -2.05. The number of aromatic nitrogens is 2. The van der Waals surface area contributed by atoms with Crippen molar-refractivity contribution < 1.29 is 8.78 Å². The van der Waals surface area contributed by atoms with Gasteiger partial charge in [0.25, 0.3) is 0 Å². The molecule has 0 fully saturated rings. The monoisotopic (exact) mass is 305 g/mol. The number of anilines is 1. The minimum Gasteiger partial charge on any atom is -0.399 e. The smallest absolute Gasteiger partial charge is 0.141 e. The van der Waals surface area contributed by atoms with Gasteiger partial charge in [-0.2, -0.15) is 5.10 Å². The highest BCUT2D eigenvalue weighted by Gasteiger charge is 2.14. The molecule has 0 aliphatic heterocycles. The molecule has 21 heavy (non-hydrogen) atoms. The molecule has 0 unspecified atom stereocenters. The van der Waals surface area contributed by atoms with Gasteiger partial charge >= 0.3 is 0 Å². The number of nitrogen functional groups attached to an aromatic ring is 1. The molecule has 0 spiro atoms. The van der Waals surface area contributed by atoms with E-state index >= 15 is 0 Å². The minimum atomic E-state index is -0.641. The molecule has 108 valence electrons. The number of halogens is 2. The number of aryl methyl sites for hydroxylation is 1. The Labute approximate surface area is 124 Å². The van der Waals surface area contributed by atoms with E-state index in [2.05, 4.69) is 5.10 Å². The van der Waals surface area contributed by atoms with Crippen LogP contribution in [0.2, 0.25) is 0 Å². The van der Waals surface area contributed by atoms with Gasteiger partial charge in [-0.25, -0.2) is 8.78 Å². The van der Waals surface area contributed by atoms with E-state index in [1.165, 1.54) is 0 Å². The van der Waals surface area contributed by atoms with Crippen LogP contribution in [0.5, 0.6) is 0 Å². The van der Waals surface area contributed by atoms with Gasteiger partial charge in [0.2, 0.25) is 0 Å². The van der Waals surface area contributed by atoms with E-state index in [0.29, 0.717) is 5.75 Å². The molecule has 0 atom stereocenters. The third kappa shape index (κ3) is 2.58. The number of hydrogen-bond acceptors (Lipinski definition) is 3. The Hall–Kier alpha value is -2.08. The molecule has 6 heteroatoms. The van der Waals surface area contributed by atoms with Crippen LogP contribution in [0.25, 0.3) is 10.9 Å². The first-order chi connectivity index (χ1) is 10.1. The van der Waals surface area contributed by atoms with Crippen molar-refractivity contribution in [3.05, 3.63) is 53.7 Å². The number of hydrogen-bond donors (Lipinski definition) is 1. The fraction of sp³-hybridized carbons (Fsp3) is 0.133. The number of nitrogens with two attached hydrogens (primary N) is 1. The second-order valence-electron chi connectivity index (χ2n) is 4.69. The van der Waals surface area contributed by atoms with E-state index < -0.39 is 11.6 Å². The molecule has 2 aromatic carbocycles. The van der Waals surface area contributed by atoms with Gasteiger partial charge in [-0.1, -0.05) is 18.2 Å². The van der Waals surface area contributed by atoms with Crippen molar-refractivity contribution >= 4 is 28.4 Å². The van der Waals surface area contributed by atoms with Crippen LogP contribution in [0.15, 0.2) is 41.3 Å². The Bertz CT molecular complexity index is 791. The third-order valence-corrected chi connectivity index (χ3v) is 4.30. The third-order valence-electron chi connectivity index (χ3n) is 3.21. The van der Waals surface area contributed by atoms with E-state index in [1.807, 2.05) is 31.3 Å². The highest BCUT2D eigenvalue weighted by Crippen LogP contribution is 2.31. The topological polar surface area (TPSA) is 43.8 Å². The molecule has 0 radical (unpaired) electrons. The lowest BCUT2D eigenvalue weighted by Crippen LogP contribution is -1.94. The number of rotatable bonds is 3. The van der Waals surface area contributed by atoms with Crippen LogP contribution < -0.4 is 5.73 Å². The van der Waals surface area contributed by atoms with Gasteiger partial charge in [0, 0.05) is 23.9 Å². The minimum absolute atomic E-state index is 0.0288. The molecule has 0 bridgehead atoms. The molecule has 0 amide bonds. The number of fused-ring (bicyclic) bond motifs is 1. The van der Waals surface area contributed by atoms with Crippen molar-refractivity contribution in [1.29, 1.82) is 0 Å². The summed E-state index contributed by atoms with van der Waals surface area (Å²) in [6, 6.07) is 10.0. The standard InChI is InChI=1S/C15H13F2N3S/c1-20-14-5-3-2-4-10(14)13(19-20)8-21-15-11(16)6-9(18)7-12(15)17/h2-7H,8,18H2,1H3. The van der Waals surface area contributed by atoms with Gasteiger partial charge in [-0.05, 0) is 18.2 Å². The largest absolute Gasteiger partial charge is 0.399 e. The van der Waals surface area contributed by atoms with Crippen LogP contribution in [0.4, 0.5) is 14.5 Å². The first-order valence-corrected chi connectivity index (χ1v) is 7.33. The highest BCUT2D eigenvalue weighted by molar-refractivity contribution is 7.98. The maximum absolute atomic E-state index is 13.8. The summed E-state index contributed by atoms with van der Waals surface area (Å²) in [4.78, 5) is -0.0288. The number of thioether (sulfide) groups is 1. The molecule has 3 rings (SSSR count). The van der Waals surface area contributed by atoms with Crippen molar-refractivity contribution in [2.45, 2.75) is 10.6 Å². The van der Waals surface area contributed by atoms with Gasteiger partial charge in [-0.3, -0.25) is 4.68 Å². The van der Waals surface area contributed by atoms with Crippen LogP contribution in [0, 0.1) is 11.6 Å². The summed E-state index contributed by atoms with van der Waals surface area (Å²) in [5.41, 5.74) is 7.28. The van der Waals surface area contributed by atoms with Crippen molar-refractivity contribution in [1.82, 2.24) is 9.78 Å².